The van der Waals surface area contributed by atoms with Gasteiger partial charge in [-0.15, -0.1) is 0 Å². The molecule has 0 bridgehead atoms. The quantitative estimate of drug-likeness (QED) is 0.181. The summed E-state index contributed by atoms with van der Waals surface area (Å²) >= 11 is 0. The van der Waals surface area contributed by atoms with Crippen LogP contribution in [0.25, 0.3) is 0 Å². The van der Waals surface area contributed by atoms with Gasteiger partial charge in [-0.1, -0.05) is 27.7 Å². The molecule has 18 heteroatoms. The first kappa shape index (κ1) is 33.7. The van der Waals surface area contributed by atoms with E-state index in [1.165, 1.54) is 12.4 Å². The highest BCUT2D eigenvalue weighted by atomic mass is 32.2. The number of halogens is 2. The summed E-state index contributed by atoms with van der Waals surface area (Å²) in [6, 6.07) is 0. The molecule has 8 atom stereocenters. The third-order valence-electron chi connectivity index (χ3n) is 7.32. The Balaban J connectivity index is 0.000000238. The van der Waals surface area contributed by atoms with E-state index in [0.717, 1.165) is 12.7 Å². The topological polar surface area (TPSA) is 260 Å². The molecule has 15 nitrogen and oxygen atoms in total. The molecule has 2 fully saturated rings. The van der Waals surface area contributed by atoms with Crippen LogP contribution in [0.2, 0.25) is 0 Å². The Kier molecular flexibility index (Phi) is 10.7. The highest BCUT2D eigenvalue weighted by molar-refractivity contribution is 8.05. The van der Waals surface area contributed by atoms with Gasteiger partial charge in [0.15, 0.2) is 23.3 Å². The number of H-pyrrole nitrogens is 2. The van der Waals surface area contributed by atoms with Crippen molar-refractivity contribution < 1.29 is 26.7 Å². The maximum atomic E-state index is 14.3. The molecular formula is C25H39F2N11O4S. The van der Waals surface area contributed by atoms with Crippen molar-refractivity contribution in [1.82, 2.24) is 19.9 Å². The van der Waals surface area contributed by atoms with Crippen molar-refractivity contribution >= 4 is 32.6 Å². The van der Waals surface area contributed by atoms with Crippen LogP contribution in [0.5, 0.6) is 0 Å². The lowest BCUT2D eigenvalue weighted by Crippen LogP contribution is -2.24. The number of nitrogens with zero attached hydrogens (tertiary/aromatic N) is 4. The molecule has 0 radical (unpaired) electrons. The van der Waals surface area contributed by atoms with Gasteiger partial charge in [-0.2, -0.15) is 9.98 Å². The van der Waals surface area contributed by atoms with Crippen LogP contribution >= 0.6 is 0 Å². The Morgan fingerprint density at radius 2 is 1.35 bits per heavy atom. The van der Waals surface area contributed by atoms with E-state index in [9.17, 15) is 17.2 Å². The fraction of sp³-hybridized carbons (Fsp3) is 0.600. The smallest absolute Gasteiger partial charge is 0.220 e. The van der Waals surface area contributed by atoms with Crippen LogP contribution in [0.15, 0.2) is 22.4 Å². The van der Waals surface area contributed by atoms with Crippen LogP contribution in [-0.2, 0) is 19.3 Å². The zero-order valence-electron chi connectivity index (χ0n) is 24.5. The number of imidazole rings is 2. The average molecular weight is 628 g/mol. The molecule has 0 unspecified atom stereocenters. The number of amidine groups is 3. The summed E-state index contributed by atoms with van der Waals surface area (Å²) in [5, 5.41) is 14.1. The van der Waals surface area contributed by atoms with Crippen LogP contribution < -0.4 is 17.2 Å². The highest BCUT2D eigenvalue weighted by Gasteiger charge is 2.44. The summed E-state index contributed by atoms with van der Waals surface area (Å²) in [4.78, 5) is 20.6. The summed E-state index contributed by atoms with van der Waals surface area (Å²) in [5.41, 5.74) is 16.9. The van der Waals surface area contributed by atoms with Crippen molar-refractivity contribution in [3.05, 3.63) is 35.4 Å². The van der Waals surface area contributed by atoms with E-state index in [4.69, 9.17) is 37.5 Å². The molecule has 0 aliphatic carbocycles. The molecule has 2 aromatic rings. The molecule has 0 aromatic carbocycles. The number of aromatic amines is 2. The molecule has 2 aliphatic heterocycles. The van der Waals surface area contributed by atoms with Gasteiger partial charge in [0.1, 0.15) is 24.6 Å². The molecule has 2 aliphatic rings. The van der Waals surface area contributed by atoms with Crippen molar-refractivity contribution in [3.63, 3.8) is 0 Å². The third-order valence-corrected chi connectivity index (χ3v) is 8.17. The Labute approximate surface area is 248 Å². The maximum Gasteiger partial charge on any atom is 0.220 e. The van der Waals surface area contributed by atoms with Crippen molar-refractivity contribution in [2.24, 2.45) is 39.0 Å². The minimum absolute atomic E-state index is 0.00463. The lowest BCUT2D eigenvalue weighted by molar-refractivity contribution is 0.0208. The first-order chi connectivity index (χ1) is 20.1. The molecule has 238 valence electrons. The van der Waals surface area contributed by atoms with E-state index in [1.807, 2.05) is 20.8 Å². The van der Waals surface area contributed by atoms with E-state index in [-0.39, 0.29) is 41.5 Å². The molecule has 2 aromatic heterocycles. The molecule has 2 saturated heterocycles. The van der Waals surface area contributed by atoms with Gasteiger partial charge in [0, 0.05) is 18.1 Å². The number of nitrogens with one attached hydrogen (secondary N) is 4. The van der Waals surface area contributed by atoms with E-state index in [0.29, 0.717) is 17.8 Å². The summed E-state index contributed by atoms with van der Waals surface area (Å²) in [7, 11) is -3.68. The van der Waals surface area contributed by atoms with Gasteiger partial charge in [0.25, 0.3) is 0 Å². The summed E-state index contributed by atoms with van der Waals surface area (Å²) in [6.45, 7) is 7.51. The largest absolute Gasteiger partial charge is 0.380 e. The minimum Gasteiger partial charge on any atom is -0.380 e. The van der Waals surface area contributed by atoms with Crippen LogP contribution in [0, 0.1) is 22.7 Å². The van der Waals surface area contributed by atoms with Crippen LogP contribution in [0.1, 0.15) is 75.8 Å². The summed E-state index contributed by atoms with van der Waals surface area (Å²) in [5.74, 6) is -1.05. The Morgan fingerprint density at radius 3 is 1.74 bits per heavy atom. The monoisotopic (exact) mass is 627 g/mol. The molecule has 0 spiro atoms. The van der Waals surface area contributed by atoms with Crippen LogP contribution in [0.4, 0.5) is 8.78 Å². The van der Waals surface area contributed by atoms with Crippen LogP contribution in [-0.4, -0.2) is 82.0 Å². The van der Waals surface area contributed by atoms with Crippen molar-refractivity contribution in [2.45, 2.75) is 77.3 Å². The van der Waals surface area contributed by atoms with E-state index < -0.39 is 51.4 Å². The number of ether oxygens (including phenoxy) is 2. The molecule has 43 heavy (non-hydrogen) atoms. The number of rotatable bonds is 6. The predicted molar refractivity (Wildman–Crippen MR) is 157 cm³/mol. The SMILES string of the molecule is CC[C@H]1O[C@@H](c2cnc(C(=N)N=C(N)S(C)(=O)=O)[nH]2)[C@H](F)[C@@H]1C.CC[C@H]1O[C@@H](c2cnc(C(N)=NC(=N)N)[nH]2)[C@H](F)[C@@H]1C. The number of aromatic nitrogens is 4. The second-order valence-electron chi connectivity index (χ2n) is 10.4. The normalized spacial score (nSPS) is 29.7. The van der Waals surface area contributed by atoms with Gasteiger partial charge in [-0.3, -0.25) is 10.8 Å². The molecule has 0 amide bonds. The van der Waals surface area contributed by atoms with E-state index in [1.54, 1.807) is 6.92 Å². The van der Waals surface area contributed by atoms with Crippen molar-refractivity contribution in [1.29, 1.82) is 10.8 Å². The minimum atomic E-state index is -3.68. The molecule has 10 N–H and O–H groups in total. The number of sulfone groups is 1. The summed E-state index contributed by atoms with van der Waals surface area (Å²) < 4.78 is 62.4. The van der Waals surface area contributed by atoms with Gasteiger partial charge in [0.05, 0.1) is 36.0 Å². The lowest BCUT2D eigenvalue weighted by Gasteiger charge is -2.11. The second kappa shape index (κ2) is 13.7. The maximum absolute atomic E-state index is 14.3. The van der Waals surface area contributed by atoms with Crippen molar-refractivity contribution in [3.8, 4) is 0 Å². The van der Waals surface area contributed by atoms with E-state index >= 15 is 0 Å². The number of nitrogens with two attached hydrogens (primary N) is 3. The molecule has 4 heterocycles. The zero-order chi connectivity index (χ0) is 32.2. The molecular weight excluding hydrogens is 588 g/mol. The lowest BCUT2D eigenvalue weighted by atomic mass is 9.97. The fourth-order valence-electron chi connectivity index (χ4n) is 4.80. The number of alkyl halides is 2. The Bertz CT molecular complexity index is 1470. The van der Waals surface area contributed by atoms with Crippen molar-refractivity contribution in [2.75, 3.05) is 6.26 Å². The first-order valence-electron chi connectivity index (χ1n) is 13.6. The Hall–Kier alpha value is -3.77. The van der Waals surface area contributed by atoms with Gasteiger partial charge in [-0.25, -0.2) is 27.2 Å². The third kappa shape index (κ3) is 7.80. The number of hydrogen-bond donors (Lipinski definition) is 7. The number of guanidine groups is 1. The van der Waals surface area contributed by atoms with Crippen LogP contribution in [0.3, 0.4) is 0 Å². The standard InChI is InChI=1S/C13H20FN5O3S.C12H19FN6O/c1-4-8-6(2)9(14)10(22-8)7-5-17-12(18-7)11(15)19-13(16)23(3,20)21;1-3-7-5(2)8(13)9(20-7)6-4-17-11(18-6)10(14)19-12(15)16/h5-6,8-10H,4H2,1-3H3,(H,17,18)(H3,15,16,19);4-5,7-9H,3H2,1-2H3,(H,17,18)(H5,14,15,16,19)/t6-,8-,9-,10+;5-,7-,8-,9+/m11/s1. The van der Waals surface area contributed by atoms with E-state index in [2.05, 4.69) is 29.9 Å². The zero-order valence-corrected chi connectivity index (χ0v) is 25.3. The second-order valence-corrected chi connectivity index (χ2v) is 12.4. The predicted octanol–water partition coefficient (Wildman–Crippen LogP) is 1.75. The van der Waals surface area contributed by atoms with Gasteiger partial charge in [-0.05, 0) is 12.8 Å². The van der Waals surface area contributed by atoms with Gasteiger partial charge in [0.2, 0.25) is 21.0 Å². The number of hydrogen-bond acceptors (Lipinski definition) is 8. The Morgan fingerprint density at radius 1 is 0.907 bits per heavy atom. The van der Waals surface area contributed by atoms with Gasteiger partial charge >= 0.3 is 0 Å². The molecule has 0 saturated carbocycles. The van der Waals surface area contributed by atoms with Gasteiger partial charge < -0.3 is 36.6 Å². The number of aliphatic imine (C=N–C) groups is 2. The average Bonchev–Trinajstić information content (AvgIpc) is 3.72. The highest BCUT2D eigenvalue weighted by Crippen LogP contribution is 2.40. The molecule has 4 rings (SSSR count). The summed E-state index contributed by atoms with van der Waals surface area (Å²) in [6.07, 6.45) is 1.13. The fourth-order valence-corrected chi connectivity index (χ4v) is 5.06. The first-order valence-corrected chi connectivity index (χ1v) is 15.5.